The third kappa shape index (κ3) is 3.02. The fourth-order valence-electron chi connectivity index (χ4n) is 1.82. The predicted molar refractivity (Wildman–Crippen MR) is 71.9 cm³/mol. The first-order valence-electron chi connectivity index (χ1n) is 6.02. The van der Waals surface area contributed by atoms with Gasteiger partial charge in [0.1, 0.15) is 5.69 Å². The molecule has 2 amide bonds. The fourth-order valence-corrected chi connectivity index (χ4v) is 1.82. The van der Waals surface area contributed by atoms with Crippen LogP contribution >= 0.6 is 0 Å². The lowest BCUT2D eigenvalue weighted by molar-refractivity contribution is -0.114. The number of carbonyl (C=O) groups excluding carboxylic acids is 2. The summed E-state index contributed by atoms with van der Waals surface area (Å²) in [5, 5.41) is 13.3. The van der Waals surface area contributed by atoms with Gasteiger partial charge in [-0.1, -0.05) is 0 Å². The van der Waals surface area contributed by atoms with Crippen LogP contribution in [0.4, 0.5) is 5.69 Å². The zero-order valence-corrected chi connectivity index (χ0v) is 11.5. The van der Waals surface area contributed by atoms with Crippen molar-refractivity contribution >= 4 is 17.5 Å². The lowest BCUT2D eigenvalue weighted by atomic mass is 10.3. The number of nitrogens with one attached hydrogen (secondary N) is 2. The van der Waals surface area contributed by atoms with Crippen molar-refractivity contribution in [3.63, 3.8) is 0 Å². The molecule has 0 bridgehead atoms. The van der Waals surface area contributed by atoms with E-state index >= 15 is 0 Å². The Morgan fingerprint density at radius 2 is 2.00 bits per heavy atom. The highest BCUT2D eigenvalue weighted by molar-refractivity contribution is 6.01. The Labute approximate surface area is 115 Å². The molecule has 2 aromatic rings. The first kappa shape index (κ1) is 13.8. The summed E-state index contributed by atoms with van der Waals surface area (Å²) < 4.78 is 3.08. The van der Waals surface area contributed by atoms with E-state index in [4.69, 9.17) is 0 Å². The van der Waals surface area contributed by atoms with Gasteiger partial charge in [0.05, 0.1) is 18.1 Å². The molecule has 0 fully saturated rings. The van der Waals surface area contributed by atoms with E-state index in [0.29, 0.717) is 17.9 Å². The van der Waals surface area contributed by atoms with Gasteiger partial charge in [-0.2, -0.15) is 10.2 Å². The number of rotatable bonds is 4. The van der Waals surface area contributed by atoms with Crippen LogP contribution in [0.1, 0.15) is 23.0 Å². The van der Waals surface area contributed by atoms with Gasteiger partial charge in [0.25, 0.3) is 5.91 Å². The van der Waals surface area contributed by atoms with Gasteiger partial charge in [-0.05, 0) is 0 Å². The highest BCUT2D eigenvalue weighted by Crippen LogP contribution is 2.14. The van der Waals surface area contributed by atoms with E-state index in [2.05, 4.69) is 20.8 Å². The number of nitrogens with zero attached hydrogens (tertiary/aromatic N) is 4. The van der Waals surface area contributed by atoms with E-state index in [1.165, 1.54) is 17.8 Å². The zero-order valence-electron chi connectivity index (χ0n) is 11.5. The summed E-state index contributed by atoms with van der Waals surface area (Å²) in [4.78, 5) is 23.2. The van der Waals surface area contributed by atoms with E-state index < -0.39 is 0 Å². The average molecular weight is 276 g/mol. The number of hydrogen-bond donors (Lipinski definition) is 2. The summed E-state index contributed by atoms with van der Waals surface area (Å²) in [5.41, 5.74) is 1.59. The second kappa shape index (κ2) is 5.55. The fraction of sp³-hybridized carbons (Fsp3) is 0.333. The Morgan fingerprint density at radius 3 is 2.60 bits per heavy atom. The molecule has 0 unspecified atom stereocenters. The molecule has 0 radical (unpaired) electrons. The predicted octanol–water partition coefficient (Wildman–Crippen LogP) is 0.0420. The molecule has 2 N–H and O–H groups in total. The minimum atomic E-state index is -0.308. The molecule has 0 saturated heterocycles. The first-order chi connectivity index (χ1) is 9.47. The van der Waals surface area contributed by atoms with Crippen LogP contribution in [0.3, 0.4) is 0 Å². The quantitative estimate of drug-likeness (QED) is 0.824. The summed E-state index contributed by atoms with van der Waals surface area (Å²) in [7, 11) is 3.45. The second-order valence-corrected chi connectivity index (χ2v) is 4.42. The molecule has 0 aliphatic rings. The van der Waals surface area contributed by atoms with Gasteiger partial charge in [0.15, 0.2) is 0 Å². The molecule has 2 aromatic heterocycles. The third-order valence-corrected chi connectivity index (χ3v) is 2.68. The van der Waals surface area contributed by atoms with E-state index in [9.17, 15) is 9.59 Å². The van der Waals surface area contributed by atoms with Crippen LogP contribution in [0.25, 0.3) is 0 Å². The van der Waals surface area contributed by atoms with Crippen molar-refractivity contribution < 1.29 is 9.59 Å². The maximum absolute atomic E-state index is 12.2. The molecule has 2 heterocycles. The second-order valence-electron chi connectivity index (χ2n) is 4.42. The molecule has 8 nitrogen and oxygen atoms in total. The van der Waals surface area contributed by atoms with Gasteiger partial charge >= 0.3 is 0 Å². The van der Waals surface area contributed by atoms with Crippen LogP contribution in [0, 0.1) is 0 Å². The third-order valence-electron chi connectivity index (χ3n) is 2.68. The van der Waals surface area contributed by atoms with E-state index in [-0.39, 0.29) is 11.8 Å². The number of anilines is 1. The molecule has 0 saturated carbocycles. The first-order valence-corrected chi connectivity index (χ1v) is 6.02. The molecule has 20 heavy (non-hydrogen) atoms. The molecule has 0 aliphatic heterocycles. The summed E-state index contributed by atoms with van der Waals surface area (Å²) in [5.74, 6) is -0.558. The van der Waals surface area contributed by atoms with Crippen LogP contribution in [-0.2, 0) is 25.4 Å². The SMILES string of the molecule is CC(=O)Nc1cnn(C)c1C(=O)NCc1cnn(C)c1. The average Bonchev–Trinajstić information content (AvgIpc) is 2.93. The standard InChI is InChI=1S/C12H16N6O2/c1-8(19)16-10-6-15-18(3)11(10)12(20)13-4-9-5-14-17(2)7-9/h5-7H,4H2,1-3H3,(H,13,20)(H,16,19). The Hall–Kier alpha value is -2.64. The molecule has 8 heteroatoms. The van der Waals surface area contributed by atoms with Crippen LogP contribution in [0.2, 0.25) is 0 Å². The maximum Gasteiger partial charge on any atom is 0.271 e. The maximum atomic E-state index is 12.2. The van der Waals surface area contributed by atoms with Crippen molar-refractivity contribution in [3.05, 3.63) is 29.8 Å². The van der Waals surface area contributed by atoms with E-state index in [1.807, 2.05) is 6.20 Å². The van der Waals surface area contributed by atoms with Gasteiger partial charge in [-0.25, -0.2) is 0 Å². The van der Waals surface area contributed by atoms with Crippen molar-refractivity contribution in [1.82, 2.24) is 24.9 Å². The van der Waals surface area contributed by atoms with Gasteiger partial charge in [0, 0.05) is 39.3 Å². The van der Waals surface area contributed by atoms with E-state index in [1.54, 1.807) is 25.0 Å². The van der Waals surface area contributed by atoms with Crippen molar-refractivity contribution in [3.8, 4) is 0 Å². The molecule has 0 atom stereocenters. The van der Waals surface area contributed by atoms with Gasteiger partial charge in [-0.15, -0.1) is 0 Å². The number of carbonyl (C=O) groups is 2. The normalized spacial score (nSPS) is 10.3. The summed E-state index contributed by atoms with van der Waals surface area (Å²) in [6.07, 6.45) is 4.94. The minimum Gasteiger partial charge on any atom is -0.346 e. The number of hydrogen-bond acceptors (Lipinski definition) is 4. The van der Waals surface area contributed by atoms with Crippen molar-refractivity contribution in [2.24, 2.45) is 14.1 Å². The van der Waals surface area contributed by atoms with Gasteiger partial charge < -0.3 is 10.6 Å². The molecular weight excluding hydrogens is 260 g/mol. The lowest BCUT2D eigenvalue weighted by Crippen LogP contribution is -2.26. The number of amides is 2. The van der Waals surface area contributed by atoms with E-state index in [0.717, 1.165) is 5.56 Å². The summed E-state index contributed by atoms with van der Waals surface area (Å²) in [6.45, 7) is 1.74. The van der Waals surface area contributed by atoms with Crippen molar-refractivity contribution in [2.75, 3.05) is 5.32 Å². The minimum absolute atomic E-state index is 0.251. The smallest absolute Gasteiger partial charge is 0.271 e. The molecule has 0 spiro atoms. The Balaban J connectivity index is 2.08. The molecular formula is C12H16N6O2. The Kier molecular flexibility index (Phi) is 3.83. The van der Waals surface area contributed by atoms with Crippen molar-refractivity contribution in [1.29, 1.82) is 0 Å². The van der Waals surface area contributed by atoms with Gasteiger partial charge in [0.2, 0.25) is 5.91 Å². The lowest BCUT2D eigenvalue weighted by Gasteiger charge is -2.07. The highest BCUT2D eigenvalue weighted by atomic mass is 16.2. The van der Waals surface area contributed by atoms with Crippen LogP contribution in [0.15, 0.2) is 18.6 Å². The van der Waals surface area contributed by atoms with Crippen molar-refractivity contribution in [2.45, 2.75) is 13.5 Å². The molecule has 2 rings (SSSR count). The van der Waals surface area contributed by atoms with Gasteiger partial charge in [-0.3, -0.25) is 19.0 Å². The zero-order chi connectivity index (χ0) is 14.7. The highest BCUT2D eigenvalue weighted by Gasteiger charge is 2.17. The van der Waals surface area contributed by atoms with Crippen LogP contribution in [0.5, 0.6) is 0 Å². The number of aromatic nitrogens is 4. The Morgan fingerprint density at radius 1 is 1.25 bits per heavy atom. The largest absolute Gasteiger partial charge is 0.346 e. The van der Waals surface area contributed by atoms with Crippen LogP contribution < -0.4 is 10.6 Å². The summed E-state index contributed by atoms with van der Waals surface area (Å²) >= 11 is 0. The monoisotopic (exact) mass is 276 g/mol. The Bertz CT molecular complexity index is 642. The van der Waals surface area contributed by atoms with Crippen LogP contribution in [-0.4, -0.2) is 31.4 Å². The number of aryl methyl sites for hydroxylation is 2. The summed E-state index contributed by atoms with van der Waals surface area (Å²) in [6, 6.07) is 0. The molecule has 0 aromatic carbocycles. The molecule has 0 aliphatic carbocycles. The topological polar surface area (TPSA) is 93.8 Å². The molecule has 106 valence electrons.